The van der Waals surface area contributed by atoms with Gasteiger partial charge in [-0.05, 0) is 54.8 Å². The first-order valence-electron chi connectivity index (χ1n) is 10.1. The van der Waals surface area contributed by atoms with Gasteiger partial charge in [0.05, 0.1) is 23.6 Å². The summed E-state index contributed by atoms with van der Waals surface area (Å²) in [5.41, 5.74) is 7.51. The minimum absolute atomic E-state index is 0.404. The molecule has 0 aromatic heterocycles. The average molecular weight is 398 g/mol. The summed E-state index contributed by atoms with van der Waals surface area (Å²) in [6.07, 6.45) is 2.39. The van der Waals surface area contributed by atoms with Gasteiger partial charge in [0, 0.05) is 17.2 Å². The van der Waals surface area contributed by atoms with Gasteiger partial charge in [-0.15, -0.1) is 0 Å². The van der Waals surface area contributed by atoms with Gasteiger partial charge < -0.3 is 10.2 Å². The number of carbonyl (C=O) groups excluding carboxylic acids is 1. The maximum atomic E-state index is 11.5. The maximum absolute atomic E-state index is 11.5. The zero-order chi connectivity index (χ0) is 20.5. The molecule has 1 amide bonds. The van der Waals surface area contributed by atoms with Crippen LogP contribution < -0.4 is 15.7 Å². The van der Waals surface area contributed by atoms with Crippen LogP contribution in [0.15, 0.2) is 77.8 Å². The van der Waals surface area contributed by atoms with Crippen LogP contribution in [0.2, 0.25) is 0 Å². The number of benzene rings is 3. The second kappa shape index (κ2) is 7.65. The standard InChI is InChI=1S/C24H22N4O2/c29-24(27-30)17-11-9-16(10-12-17)15-25-23-19-5-1-3-7-21(19)28(18-13-14-18)22-8-4-2-6-20(22)26-23/h1-12,18,30H,13-15H2,(H,25,26)(H,27,29). The molecule has 1 aliphatic carbocycles. The molecule has 0 unspecified atom stereocenters. The summed E-state index contributed by atoms with van der Waals surface area (Å²) in [7, 11) is 0. The molecule has 1 heterocycles. The van der Waals surface area contributed by atoms with Gasteiger partial charge in [0.25, 0.3) is 5.91 Å². The lowest BCUT2D eigenvalue weighted by Gasteiger charge is -2.25. The molecule has 2 aliphatic rings. The molecule has 1 saturated carbocycles. The van der Waals surface area contributed by atoms with Crippen LogP contribution in [0.5, 0.6) is 0 Å². The lowest BCUT2D eigenvalue weighted by Crippen LogP contribution is -2.20. The number of hydrogen-bond acceptors (Lipinski definition) is 4. The van der Waals surface area contributed by atoms with E-state index in [1.54, 1.807) is 17.6 Å². The molecule has 0 atom stereocenters. The molecule has 0 bridgehead atoms. The molecule has 5 rings (SSSR count). The molecule has 3 aromatic rings. The van der Waals surface area contributed by atoms with Crippen LogP contribution in [0.4, 0.5) is 17.1 Å². The van der Waals surface area contributed by atoms with Crippen LogP contribution in [-0.4, -0.2) is 23.0 Å². The van der Waals surface area contributed by atoms with Gasteiger partial charge in [-0.1, -0.05) is 36.4 Å². The van der Waals surface area contributed by atoms with Crippen molar-refractivity contribution in [2.75, 3.05) is 10.2 Å². The number of aliphatic imine (C=N–C) groups is 1. The Kier molecular flexibility index (Phi) is 4.69. The number of para-hydroxylation sites is 3. The largest absolute Gasteiger partial charge is 0.338 e. The zero-order valence-corrected chi connectivity index (χ0v) is 16.4. The molecule has 0 spiro atoms. The number of hydroxylamine groups is 1. The van der Waals surface area contributed by atoms with Crippen molar-refractivity contribution in [1.82, 2.24) is 5.48 Å². The predicted octanol–water partition coefficient (Wildman–Crippen LogP) is 4.48. The van der Waals surface area contributed by atoms with Gasteiger partial charge in [0.15, 0.2) is 0 Å². The molecule has 1 fully saturated rings. The van der Waals surface area contributed by atoms with Gasteiger partial charge in [-0.25, -0.2) is 5.48 Å². The van der Waals surface area contributed by atoms with Crippen molar-refractivity contribution >= 4 is 28.8 Å². The molecule has 6 nitrogen and oxygen atoms in total. The summed E-state index contributed by atoms with van der Waals surface area (Å²) in [4.78, 5) is 18.8. The lowest BCUT2D eigenvalue weighted by atomic mass is 10.1. The molecule has 0 saturated heterocycles. The molecule has 150 valence electrons. The third-order valence-electron chi connectivity index (χ3n) is 5.48. The van der Waals surface area contributed by atoms with E-state index in [9.17, 15) is 4.79 Å². The molecule has 6 heteroatoms. The Hall–Kier alpha value is -3.64. The van der Waals surface area contributed by atoms with Crippen molar-refractivity contribution < 1.29 is 10.0 Å². The second-order valence-electron chi connectivity index (χ2n) is 7.56. The summed E-state index contributed by atoms with van der Waals surface area (Å²) in [6, 6.07) is 24.3. The highest BCUT2D eigenvalue weighted by Crippen LogP contribution is 2.44. The highest BCUT2D eigenvalue weighted by molar-refractivity contribution is 6.15. The molecule has 1 aliphatic heterocycles. The predicted molar refractivity (Wildman–Crippen MR) is 118 cm³/mol. The Bertz CT molecular complexity index is 1120. The van der Waals surface area contributed by atoms with Crippen molar-refractivity contribution in [3.05, 3.63) is 89.5 Å². The summed E-state index contributed by atoms with van der Waals surface area (Å²) in [5.74, 6) is 0.308. The van der Waals surface area contributed by atoms with E-state index in [0.717, 1.165) is 22.6 Å². The van der Waals surface area contributed by atoms with E-state index >= 15 is 0 Å². The number of nitrogens with zero attached hydrogens (tertiary/aromatic N) is 2. The van der Waals surface area contributed by atoms with E-state index < -0.39 is 5.91 Å². The minimum atomic E-state index is -0.524. The number of amides is 1. The number of anilines is 3. The topological polar surface area (TPSA) is 77.0 Å². The fourth-order valence-electron chi connectivity index (χ4n) is 3.85. The SMILES string of the molecule is O=C(NO)c1ccc(CN=C2Nc3ccccc3N(C3CC3)c3ccccc32)cc1. The first kappa shape index (κ1) is 18.4. The third kappa shape index (κ3) is 3.42. The number of amidine groups is 1. The van der Waals surface area contributed by atoms with Crippen LogP contribution in [0.1, 0.15) is 34.3 Å². The van der Waals surface area contributed by atoms with Crippen LogP contribution in [0.3, 0.4) is 0 Å². The van der Waals surface area contributed by atoms with Crippen molar-refractivity contribution in [1.29, 1.82) is 0 Å². The number of hydrogen-bond donors (Lipinski definition) is 3. The summed E-state index contributed by atoms with van der Waals surface area (Å²) >= 11 is 0. The minimum Gasteiger partial charge on any atom is -0.338 e. The Balaban J connectivity index is 1.51. The Morgan fingerprint density at radius 3 is 2.43 bits per heavy atom. The molecule has 3 N–H and O–H groups in total. The van der Waals surface area contributed by atoms with E-state index in [2.05, 4.69) is 46.6 Å². The molecular formula is C24H22N4O2. The average Bonchev–Trinajstić information content (AvgIpc) is 3.63. The highest BCUT2D eigenvalue weighted by atomic mass is 16.5. The quantitative estimate of drug-likeness (QED) is 0.447. The van der Waals surface area contributed by atoms with E-state index in [-0.39, 0.29) is 0 Å². The summed E-state index contributed by atoms with van der Waals surface area (Å²) < 4.78 is 0. The summed E-state index contributed by atoms with van der Waals surface area (Å²) in [6.45, 7) is 0.475. The number of rotatable bonds is 4. The smallest absolute Gasteiger partial charge is 0.274 e. The van der Waals surface area contributed by atoms with Crippen molar-refractivity contribution in [3.63, 3.8) is 0 Å². The number of carbonyl (C=O) groups is 1. The van der Waals surface area contributed by atoms with Crippen molar-refractivity contribution in [3.8, 4) is 0 Å². The third-order valence-corrected chi connectivity index (χ3v) is 5.48. The second-order valence-corrected chi connectivity index (χ2v) is 7.56. The normalized spacial score (nSPS) is 16.3. The van der Waals surface area contributed by atoms with Gasteiger partial charge in [0.1, 0.15) is 5.84 Å². The Morgan fingerprint density at radius 1 is 1.00 bits per heavy atom. The van der Waals surface area contributed by atoms with Crippen molar-refractivity contribution in [2.45, 2.75) is 25.4 Å². The maximum Gasteiger partial charge on any atom is 0.274 e. The fraction of sp³-hybridized carbons (Fsp3) is 0.167. The monoisotopic (exact) mass is 398 g/mol. The van der Waals surface area contributed by atoms with E-state index in [0.29, 0.717) is 18.2 Å². The first-order chi connectivity index (χ1) is 14.7. The Labute approximate surface area is 174 Å². The van der Waals surface area contributed by atoms with Crippen molar-refractivity contribution in [2.24, 2.45) is 4.99 Å². The van der Waals surface area contributed by atoms with Crippen LogP contribution in [0.25, 0.3) is 0 Å². The zero-order valence-electron chi connectivity index (χ0n) is 16.4. The van der Waals surface area contributed by atoms with E-state index in [1.807, 2.05) is 24.3 Å². The first-order valence-corrected chi connectivity index (χ1v) is 10.1. The summed E-state index contributed by atoms with van der Waals surface area (Å²) in [5, 5.41) is 12.3. The van der Waals surface area contributed by atoms with Crippen LogP contribution in [-0.2, 0) is 6.54 Å². The van der Waals surface area contributed by atoms with Crippen LogP contribution in [0, 0.1) is 0 Å². The Morgan fingerprint density at radius 2 is 1.70 bits per heavy atom. The fourth-order valence-corrected chi connectivity index (χ4v) is 3.85. The molecule has 0 radical (unpaired) electrons. The van der Waals surface area contributed by atoms with Gasteiger partial charge >= 0.3 is 0 Å². The lowest BCUT2D eigenvalue weighted by molar-refractivity contribution is 0.0706. The van der Waals surface area contributed by atoms with Gasteiger partial charge in [0.2, 0.25) is 0 Å². The van der Waals surface area contributed by atoms with Gasteiger partial charge in [-0.3, -0.25) is 15.0 Å². The molecule has 3 aromatic carbocycles. The molecule has 30 heavy (non-hydrogen) atoms. The van der Waals surface area contributed by atoms with E-state index in [1.165, 1.54) is 24.2 Å². The number of nitrogens with one attached hydrogen (secondary N) is 2. The van der Waals surface area contributed by atoms with Crippen LogP contribution >= 0.6 is 0 Å². The highest BCUT2D eigenvalue weighted by Gasteiger charge is 2.35. The number of fused-ring (bicyclic) bond motifs is 2. The van der Waals surface area contributed by atoms with E-state index in [4.69, 9.17) is 10.2 Å². The van der Waals surface area contributed by atoms with Gasteiger partial charge in [-0.2, -0.15) is 0 Å². The molecular weight excluding hydrogens is 376 g/mol.